The highest BCUT2D eigenvalue weighted by Gasteiger charge is 2.35. The van der Waals surface area contributed by atoms with Crippen LogP contribution in [0.1, 0.15) is 23.8 Å². The molecule has 0 aromatic carbocycles. The van der Waals surface area contributed by atoms with Crippen LogP contribution in [0.5, 0.6) is 0 Å². The van der Waals surface area contributed by atoms with Crippen LogP contribution in [0.4, 0.5) is 4.79 Å². The molecule has 2 amide bonds. The molecule has 0 radical (unpaired) electrons. The Morgan fingerprint density at radius 1 is 1.47 bits per heavy atom. The Hall–Kier alpha value is -1.07. The van der Waals surface area contributed by atoms with Crippen molar-refractivity contribution in [2.45, 2.75) is 24.9 Å². The topological polar surface area (TPSA) is 44.4 Å². The third-order valence-corrected chi connectivity index (χ3v) is 4.52. The van der Waals surface area contributed by atoms with Gasteiger partial charge in [0.15, 0.2) is 0 Å². The number of hydrogen-bond donors (Lipinski definition) is 2. The summed E-state index contributed by atoms with van der Waals surface area (Å²) in [5.74, 6) is 0. The highest BCUT2D eigenvalue weighted by atomic mass is 32.1. The van der Waals surface area contributed by atoms with Crippen molar-refractivity contribution < 1.29 is 4.79 Å². The van der Waals surface area contributed by atoms with E-state index in [0.717, 1.165) is 32.5 Å². The van der Waals surface area contributed by atoms with Crippen LogP contribution >= 0.6 is 11.3 Å². The zero-order valence-electron chi connectivity index (χ0n) is 9.69. The first kappa shape index (κ1) is 11.0. The van der Waals surface area contributed by atoms with Gasteiger partial charge in [0.1, 0.15) is 0 Å². The molecule has 92 valence electrons. The maximum Gasteiger partial charge on any atom is 0.318 e. The first-order chi connectivity index (χ1) is 8.34. The summed E-state index contributed by atoms with van der Waals surface area (Å²) in [6.45, 7) is 2.83. The molecule has 4 nitrogen and oxygen atoms in total. The molecule has 3 heterocycles. The van der Waals surface area contributed by atoms with Crippen LogP contribution in [-0.2, 0) is 0 Å². The minimum atomic E-state index is 0.0945. The van der Waals surface area contributed by atoms with Crippen molar-refractivity contribution in [3.05, 3.63) is 22.4 Å². The predicted octanol–water partition coefficient (Wildman–Crippen LogP) is 1.57. The van der Waals surface area contributed by atoms with Crippen LogP contribution in [-0.4, -0.2) is 36.6 Å². The number of nitrogens with one attached hydrogen (secondary N) is 2. The number of carbonyl (C=O) groups is 1. The minimum absolute atomic E-state index is 0.0945. The lowest BCUT2D eigenvalue weighted by Gasteiger charge is -2.30. The smallest absolute Gasteiger partial charge is 0.318 e. The van der Waals surface area contributed by atoms with Gasteiger partial charge in [0.05, 0.1) is 6.04 Å². The van der Waals surface area contributed by atoms with E-state index in [0.29, 0.717) is 6.04 Å². The lowest BCUT2D eigenvalue weighted by atomic mass is 10.1. The molecule has 2 atom stereocenters. The Kier molecular flexibility index (Phi) is 3.03. The van der Waals surface area contributed by atoms with E-state index in [1.807, 2.05) is 11.0 Å². The molecular weight excluding hydrogens is 234 g/mol. The third kappa shape index (κ3) is 2.17. The van der Waals surface area contributed by atoms with E-state index in [1.165, 1.54) is 4.88 Å². The van der Waals surface area contributed by atoms with Gasteiger partial charge in [-0.1, -0.05) is 6.07 Å². The Morgan fingerprint density at radius 2 is 2.41 bits per heavy atom. The summed E-state index contributed by atoms with van der Waals surface area (Å²) in [5, 5.41) is 8.50. The quantitative estimate of drug-likeness (QED) is 0.838. The number of rotatable bonds is 2. The Balaban J connectivity index is 1.69. The lowest BCUT2D eigenvalue weighted by molar-refractivity contribution is 0.184. The van der Waals surface area contributed by atoms with E-state index in [2.05, 4.69) is 22.1 Å². The Labute approximate surface area is 105 Å². The van der Waals surface area contributed by atoms with Gasteiger partial charge in [-0.05, 0) is 30.8 Å². The molecule has 2 aliphatic rings. The number of nitrogens with zero attached hydrogens (tertiary/aromatic N) is 1. The minimum Gasteiger partial charge on any atom is -0.329 e. The van der Waals surface area contributed by atoms with Gasteiger partial charge in [0.25, 0.3) is 0 Å². The maximum absolute atomic E-state index is 12.0. The molecule has 2 unspecified atom stereocenters. The third-order valence-electron chi connectivity index (χ3n) is 3.54. The predicted molar refractivity (Wildman–Crippen MR) is 68.2 cm³/mol. The summed E-state index contributed by atoms with van der Waals surface area (Å²) in [6, 6.07) is 4.78. The summed E-state index contributed by atoms with van der Waals surface area (Å²) in [6.07, 6.45) is 2.29. The molecule has 1 aromatic rings. The number of hydrogen-bond acceptors (Lipinski definition) is 3. The molecule has 2 N–H and O–H groups in total. The molecule has 1 aromatic heterocycles. The SMILES string of the molecule is O=C1NC(c2cccs2)CN1C1CCCNC1. The highest BCUT2D eigenvalue weighted by Crippen LogP contribution is 2.26. The summed E-state index contributed by atoms with van der Waals surface area (Å²) in [5.41, 5.74) is 0. The molecule has 0 aliphatic carbocycles. The number of urea groups is 1. The standard InChI is InChI=1S/C12H17N3OS/c16-12-14-10(11-4-2-6-17-11)8-15(12)9-3-1-5-13-7-9/h2,4,6,9-10,13H,1,3,5,7-8H2,(H,14,16). The molecule has 0 saturated carbocycles. The van der Waals surface area contributed by atoms with Crippen LogP contribution in [0.3, 0.4) is 0 Å². The van der Waals surface area contributed by atoms with Crippen LogP contribution < -0.4 is 10.6 Å². The largest absolute Gasteiger partial charge is 0.329 e. The zero-order chi connectivity index (χ0) is 11.7. The fourth-order valence-electron chi connectivity index (χ4n) is 2.62. The van der Waals surface area contributed by atoms with E-state index in [4.69, 9.17) is 0 Å². The first-order valence-corrected chi connectivity index (χ1v) is 7.04. The molecule has 3 rings (SSSR count). The van der Waals surface area contributed by atoms with Crippen LogP contribution in [0.15, 0.2) is 17.5 Å². The molecule has 5 heteroatoms. The van der Waals surface area contributed by atoms with E-state index in [1.54, 1.807) is 11.3 Å². The first-order valence-electron chi connectivity index (χ1n) is 6.16. The Bertz CT molecular complexity index is 386. The van der Waals surface area contributed by atoms with Gasteiger partial charge in [-0.3, -0.25) is 0 Å². The molecule has 2 fully saturated rings. The second-order valence-electron chi connectivity index (χ2n) is 4.67. The Morgan fingerprint density at radius 3 is 3.12 bits per heavy atom. The van der Waals surface area contributed by atoms with Gasteiger partial charge in [-0.25, -0.2) is 4.79 Å². The molecule has 0 bridgehead atoms. The van der Waals surface area contributed by atoms with Crippen molar-refractivity contribution in [1.29, 1.82) is 0 Å². The second kappa shape index (κ2) is 4.66. The van der Waals surface area contributed by atoms with Gasteiger partial charge < -0.3 is 15.5 Å². The van der Waals surface area contributed by atoms with Crippen molar-refractivity contribution in [2.24, 2.45) is 0 Å². The van der Waals surface area contributed by atoms with Crippen molar-refractivity contribution in [3.63, 3.8) is 0 Å². The second-order valence-corrected chi connectivity index (χ2v) is 5.65. The van der Waals surface area contributed by atoms with Crippen molar-refractivity contribution in [1.82, 2.24) is 15.5 Å². The van der Waals surface area contributed by atoms with E-state index in [-0.39, 0.29) is 12.1 Å². The number of carbonyl (C=O) groups excluding carboxylic acids is 1. The molecule has 2 aliphatic heterocycles. The van der Waals surface area contributed by atoms with Crippen LogP contribution in [0, 0.1) is 0 Å². The number of thiophene rings is 1. The van der Waals surface area contributed by atoms with Gasteiger partial charge in [-0.15, -0.1) is 11.3 Å². The van der Waals surface area contributed by atoms with Gasteiger partial charge >= 0.3 is 6.03 Å². The molecule has 2 saturated heterocycles. The fraction of sp³-hybridized carbons (Fsp3) is 0.583. The summed E-state index contributed by atoms with van der Waals surface area (Å²) in [7, 11) is 0. The average Bonchev–Trinajstić information content (AvgIpc) is 2.99. The summed E-state index contributed by atoms with van der Waals surface area (Å²) >= 11 is 1.71. The van der Waals surface area contributed by atoms with Gasteiger partial charge in [0.2, 0.25) is 0 Å². The van der Waals surface area contributed by atoms with E-state index >= 15 is 0 Å². The van der Waals surface area contributed by atoms with E-state index < -0.39 is 0 Å². The van der Waals surface area contributed by atoms with E-state index in [9.17, 15) is 4.79 Å². The van der Waals surface area contributed by atoms with Crippen LogP contribution in [0.2, 0.25) is 0 Å². The average molecular weight is 251 g/mol. The monoisotopic (exact) mass is 251 g/mol. The van der Waals surface area contributed by atoms with Gasteiger partial charge in [-0.2, -0.15) is 0 Å². The fourth-order valence-corrected chi connectivity index (χ4v) is 3.39. The van der Waals surface area contributed by atoms with Crippen molar-refractivity contribution >= 4 is 17.4 Å². The number of piperidine rings is 1. The maximum atomic E-state index is 12.0. The molecular formula is C12H17N3OS. The lowest BCUT2D eigenvalue weighted by Crippen LogP contribution is -2.47. The highest BCUT2D eigenvalue weighted by molar-refractivity contribution is 7.10. The van der Waals surface area contributed by atoms with Crippen LogP contribution in [0.25, 0.3) is 0 Å². The number of amides is 2. The summed E-state index contributed by atoms with van der Waals surface area (Å²) < 4.78 is 0. The summed E-state index contributed by atoms with van der Waals surface area (Å²) in [4.78, 5) is 15.2. The zero-order valence-corrected chi connectivity index (χ0v) is 10.5. The molecule has 17 heavy (non-hydrogen) atoms. The normalized spacial score (nSPS) is 29.4. The van der Waals surface area contributed by atoms with Gasteiger partial charge in [0, 0.05) is 24.0 Å². The van der Waals surface area contributed by atoms with Crippen molar-refractivity contribution in [3.8, 4) is 0 Å². The molecule has 0 spiro atoms. The van der Waals surface area contributed by atoms with Crippen molar-refractivity contribution in [2.75, 3.05) is 19.6 Å².